The zero-order valence-electron chi connectivity index (χ0n) is 19.4. The van der Waals surface area contributed by atoms with Crippen molar-refractivity contribution in [3.63, 3.8) is 0 Å². The number of carbonyl (C=O) groups is 1. The summed E-state index contributed by atoms with van der Waals surface area (Å²) in [5, 5.41) is 0.825. The van der Waals surface area contributed by atoms with Gasteiger partial charge in [0, 0.05) is 48.7 Å². The molecule has 2 aromatic carbocycles. The van der Waals surface area contributed by atoms with E-state index in [1.807, 2.05) is 37.2 Å². The van der Waals surface area contributed by atoms with E-state index in [0.717, 1.165) is 17.4 Å². The van der Waals surface area contributed by atoms with Crippen LogP contribution in [0.5, 0.6) is 11.5 Å². The third-order valence-corrected chi connectivity index (χ3v) is 5.55. The van der Waals surface area contributed by atoms with Gasteiger partial charge in [-0.1, -0.05) is 0 Å². The predicted molar refractivity (Wildman–Crippen MR) is 128 cm³/mol. The van der Waals surface area contributed by atoms with Crippen LogP contribution in [0.25, 0.3) is 33.3 Å². The van der Waals surface area contributed by atoms with Crippen LogP contribution in [0.1, 0.15) is 10.4 Å². The van der Waals surface area contributed by atoms with E-state index in [0.29, 0.717) is 40.3 Å². The van der Waals surface area contributed by atoms with E-state index < -0.39 is 0 Å². The minimum absolute atomic E-state index is 0.0516. The number of nitrogens with one attached hydrogen (secondary N) is 2. The number of aromatic amines is 2. The predicted octanol–water partition coefficient (Wildman–Crippen LogP) is 2.72. The molecule has 0 radical (unpaired) electrons. The van der Waals surface area contributed by atoms with Gasteiger partial charge >= 0.3 is 0 Å². The number of benzene rings is 2. The van der Waals surface area contributed by atoms with Crippen LogP contribution in [-0.2, 0) is 0 Å². The standard InChI is InChI=1S/C24H27N5O4/c1-28(2)8-9-29(3)24(31)14-6-7-16-15(10-14)11-19(25-16)22-23(30)27-18-13-21(33-5)20(32-4)12-17(18)26-22/h6-7,10-13,25H,8-9H2,1-5H3,(H,27,30). The summed E-state index contributed by atoms with van der Waals surface area (Å²) >= 11 is 0. The highest BCUT2D eigenvalue weighted by Crippen LogP contribution is 2.31. The minimum Gasteiger partial charge on any atom is -0.493 e. The maximum Gasteiger partial charge on any atom is 0.276 e. The first-order chi connectivity index (χ1) is 15.8. The Kier molecular flexibility index (Phi) is 6.06. The van der Waals surface area contributed by atoms with Gasteiger partial charge in [0.1, 0.15) is 0 Å². The Hall–Kier alpha value is -3.85. The summed E-state index contributed by atoms with van der Waals surface area (Å²) in [4.78, 5) is 40.0. The number of ether oxygens (including phenoxy) is 2. The van der Waals surface area contributed by atoms with Crippen molar-refractivity contribution in [3.8, 4) is 22.9 Å². The number of H-pyrrole nitrogens is 2. The average Bonchev–Trinajstić information content (AvgIpc) is 3.23. The average molecular weight is 450 g/mol. The third-order valence-electron chi connectivity index (χ3n) is 5.55. The van der Waals surface area contributed by atoms with Crippen molar-refractivity contribution >= 4 is 27.8 Å². The molecule has 0 unspecified atom stereocenters. The zero-order chi connectivity index (χ0) is 23.7. The summed E-state index contributed by atoms with van der Waals surface area (Å²) in [5.74, 6) is 0.978. The van der Waals surface area contributed by atoms with Crippen molar-refractivity contribution in [2.24, 2.45) is 0 Å². The lowest BCUT2D eigenvalue weighted by Gasteiger charge is -2.19. The van der Waals surface area contributed by atoms with Crippen LogP contribution in [0.4, 0.5) is 0 Å². The van der Waals surface area contributed by atoms with Crippen molar-refractivity contribution in [2.75, 3.05) is 48.5 Å². The molecule has 2 aromatic heterocycles. The number of fused-ring (bicyclic) bond motifs is 2. The summed E-state index contributed by atoms with van der Waals surface area (Å²) in [7, 11) is 8.82. The van der Waals surface area contributed by atoms with Gasteiger partial charge in [0.15, 0.2) is 17.2 Å². The molecule has 172 valence electrons. The van der Waals surface area contributed by atoms with Crippen LogP contribution in [0.15, 0.2) is 41.2 Å². The van der Waals surface area contributed by atoms with E-state index >= 15 is 0 Å². The number of aromatic nitrogens is 3. The van der Waals surface area contributed by atoms with Gasteiger partial charge in [0.25, 0.3) is 11.5 Å². The van der Waals surface area contributed by atoms with Crippen molar-refractivity contribution in [1.82, 2.24) is 24.8 Å². The second-order valence-corrected chi connectivity index (χ2v) is 8.15. The van der Waals surface area contributed by atoms with E-state index in [1.54, 1.807) is 37.3 Å². The Balaban J connectivity index is 1.70. The molecule has 0 aliphatic carbocycles. The van der Waals surface area contributed by atoms with Crippen LogP contribution in [0, 0.1) is 0 Å². The van der Waals surface area contributed by atoms with Crippen LogP contribution >= 0.6 is 0 Å². The SMILES string of the molecule is COc1cc2nc(-c3cc4cc(C(=O)N(C)CCN(C)C)ccc4[nH]3)c(=O)[nH]c2cc1OC. The monoisotopic (exact) mass is 449 g/mol. The van der Waals surface area contributed by atoms with Gasteiger partial charge in [-0.25, -0.2) is 4.98 Å². The van der Waals surface area contributed by atoms with E-state index in [1.165, 1.54) is 7.11 Å². The van der Waals surface area contributed by atoms with Gasteiger partial charge in [-0.05, 0) is 38.4 Å². The van der Waals surface area contributed by atoms with E-state index in [9.17, 15) is 9.59 Å². The van der Waals surface area contributed by atoms with Crippen molar-refractivity contribution in [1.29, 1.82) is 0 Å². The van der Waals surface area contributed by atoms with Gasteiger partial charge < -0.3 is 29.2 Å². The largest absolute Gasteiger partial charge is 0.493 e. The molecule has 0 saturated heterocycles. The lowest BCUT2D eigenvalue weighted by Crippen LogP contribution is -2.33. The molecule has 0 spiro atoms. The van der Waals surface area contributed by atoms with E-state index in [2.05, 4.69) is 15.0 Å². The molecule has 0 bridgehead atoms. The van der Waals surface area contributed by atoms with Gasteiger partial charge in [-0.3, -0.25) is 9.59 Å². The minimum atomic E-state index is -0.332. The Morgan fingerprint density at radius 3 is 2.36 bits per heavy atom. The number of hydrogen-bond acceptors (Lipinski definition) is 6. The number of methoxy groups -OCH3 is 2. The van der Waals surface area contributed by atoms with Crippen LogP contribution in [-0.4, -0.2) is 79.1 Å². The molecule has 1 amide bonds. The van der Waals surface area contributed by atoms with Gasteiger partial charge in [0.2, 0.25) is 0 Å². The molecular formula is C24H27N5O4. The maximum atomic E-state index is 12.8. The Labute approximate surface area is 190 Å². The molecule has 33 heavy (non-hydrogen) atoms. The number of carbonyl (C=O) groups excluding carboxylic acids is 1. The van der Waals surface area contributed by atoms with Crippen molar-refractivity contribution in [2.45, 2.75) is 0 Å². The van der Waals surface area contributed by atoms with E-state index in [4.69, 9.17) is 9.47 Å². The summed E-state index contributed by atoms with van der Waals surface area (Å²) in [5.41, 5.74) is 3.00. The van der Waals surface area contributed by atoms with Gasteiger partial charge in [-0.15, -0.1) is 0 Å². The van der Waals surface area contributed by atoms with Gasteiger partial charge in [-0.2, -0.15) is 0 Å². The number of amides is 1. The topological polar surface area (TPSA) is 104 Å². The summed E-state index contributed by atoms with van der Waals surface area (Å²) < 4.78 is 10.6. The maximum absolute atomic E-state index is 12.8. The number of nitrogens with zero attached hydrogens (tertiary/aromatic N) is 3. The highest BCUT2D eigenvalue weighted by atomic mass is 16.5. The molecule has 4 aromatic rings. The molecule has 0 fully saturated rings. The molecule has 0 aliphatic heterocycles. The molecule has 9 nitrogen and oxygen atoms in total. The first-order valence-electron chi connectivity index (χ1n) is 10.5. The van der Waals surface area contributed by atoms with E-state index in [-0.39, 0.29) is 17.2 Å². The molecule has 0 aliphatic rings. The highest BCUT2D eigenvalue weighted by Gasteiger charge is 2.16. The Morgan fingerprint density at radius 1 is 0.939 bits per heavy atom. The molecule has 9 heteroatoms. The lowest BCUT2D eigenvalue weighted by atomic mass is 10.1. The molecule has 4 rings (SSSR count). The highest BCUT2D eigenvalue weighted by molar-refractivity contribution is 5.99. The summed E-state index contributed by atoms with van der Waals surface area (Å²) in [6, 6.07) is 10.7. The Bertz CT molecular complexity index is 1390. The molecule has 0 atom stereocenters. The van der Waals surface area contributed by atoms with Crippen LogP contribution < -0.4 is 15.0 Å². The summed E-state index contributed by atoms with van der Waals surface area (Å²) in [6.45, 7) is 1.42. The molecule has 2 heterocycles. The van der Waals surface area contributed by atoms with Gasteiger partial charge in [0.05, 0.1) is 30.9 Å². The molecular weight excluding hydrogens is 422 g/mol. The quantitative estimate of drug-likeness (QED) is 0.450. The fourth-order valence-corrected chi connectivity index (χ4v) is 3.66. The second-order valence-electron chi connectivity index (χ2n) is 8.15. The molecule has 0 saturated carbocycles. The number of hydrogen-bond donors (Lipinski definition) is 2. The molecule has 2 N–H and O–H groups in total. The Morgan fingerprint density at radius 2 is 1.67 bits per heavy atom. The van der Waals surface area contributed by atoms with Crippen molar-refractivity contribution in [3.05, 3.63) is 52.3 Å². The van der Waals surface area contributed by atoms with Crippen LogP contribution in [0.2, 0.25) is 0 Å². The first-order valence-corrected chi connectivity index (χ1v) is 10.5. The van der Waals surface area contributed by atoms with Crippen molar-refractivity contribution < 1.29 is 14.3 Å². The normalized spacial score (nSPS) is 11.3. The fourth-order valence-electron chi connectivity index (χ4n) is 3.66. The number of likely N-dealkylation sites (N-methyl/N-ethyl adjacent to an activating group) is 2. The lowest BCUT2D eigenvalue weighted by molar-refractivity contribution is 0.0786. The third kappa shape index (κ3) is 4.40. The summed E-state index contributed by atoms with van der Waals surface area (Å²) in [6.07, 6.45) is 0. The fraction of sp³-hybridized carbons (Fsp3) is 0.292. The smallest absolute Gasteiger partial charge is 0.276 e. The zero-order valence-corrected chi connectivity index (χ0v) is 19.4. The second kappa shape index (κ2) is 8.95. The first kappa shape index (κ1) is 22.3. The van der Waals surface area contributed by atoms with Crippen LogP contribution in [0.3, 0.4) is 0 Å². The number of rotatable bonds is 7.